The SMILES string of the molecule is O=C1C2C3C=CC(C3=C(c3ccccc3)c3ccccc3)C2C(=O)N1c1cccc([N+](=O)[O-])c1. The first-order chi connectivity index (χ1) is 16.6. The molecule has 0 N–H and O–H groups in total. The van der Waals surface area contributed by atoms with Crippen molar-refractivity contribution in [1.82, 2.24) is 0 Å². The number of allylic oxidation sites excluding steroid dienone is 3. The number of carbonyl (C=O) groups is 2. The van der Waals surface area contributed by atoms with Crippen LogP contribution in [0.5, 0.6) is 0 Å². The summed E-state index contributed by atoms with van der Waals surface area (Å²) in [6, 6.07) is 25.9. The molecule has 1 aliphatic heterocycles. The van der Waals surface area contributed by atoms with Gasteiger partial charge in [0, 0.05) is 24.0 Å². The third-order valence-corrected chi connectivity index (χ3v) is 7.13. The van der Waals surface area contributed by atoms with Crippen molar-refractivity contribution in [1.29, 1.82) is 0 Å². The van der Waals surface area contributed by atoms with Gasteiger partial charge >= 0.3 is 0 Å². The zero-order valence-corrected chi connectivity index (χ0v) is 18.1. The Morgan fingerprint density at radius 3 is 1.76 bits per heavy atom. The Morgan fingerprint density at radius 2 is 1.26 bits per heavy atom. The van der Waals surface area contributed by atoms with Gasteiger partial charge in [-0.15, -0.1) is 0 Å². The minimum absolute atomic E-state index is 0.146. The Kier molecular flexibility index (Phi) is 4.55. The van der Waals surface area contributed by atoms with Gasteiger partial charge in [0.25, 0.3) is 5.69 Å². The highest BCUT2D eigenvalue weighted by atomic mass is 16.6. The van der Waals surface area contributed by atoms with Gasteiger partial charge in [0.15, 0.2) is 0 Å². The molecule has 2 fully saturated rings. The van der Waals surface area contributed by atoms with Gasteiger partial charge in [0.2, 0.25) is 11.8 Å². The number of nitrogens with zero attached hydrogens (tertiary/aromatic N) is 2. The number of anilines is 1. The van der Waals surface area contributed by atoms with E-state index >= 15 is 0 Å². The Balaban J connectivity index is 1.47. The molecule has 6 nitrogen and oxygen atoms in total. The van der Waals surface area contributed by atoms with E-state index in [1.54, 1.807) is 6.07 Å². The lowest BCUT2D eigenvalue weighted by Gasteiger charge is -2.21. The van der Waals surface area contributed by atoms with Crippen LogP contribution in [0.1, 0.15) is 11.1 Å². The molecule has 2 bridgehead atoms. The van der Waals surface area contributed by atoms with Crippen molar-refractivity contribution in [2.45, 2.75) is 0 Å². The van der Waals surface area contributed by atoms with Gasteiger partial charge in [-0.3, -0.25) is 19.7 Å². The van der Waals surface area contributed by atoms with Gasteiger partial charge in [-0.25, -0.2) is 4.90 Å². The first-order valence-electron chi connectivity index (χ1n) is 11.2. The lowest BCUT2D eigenvalue weighted by atomic mass is 9.85. The maximum absolute atomic E-state index is 13.6. The highest BCUT2D eigenvalue weighted by molar-refractivity contribution is 6.23. The molecule has 0 aromatic heterocycles. The van der Waals surface area contributed by atoms with Gasteiger partial charge in [-0.05, 0) is 28.3 Å². The summed E-state index contributed by atoms with van der Waals surface area (Å²) in [6.45, 7) is 0. The monoisotopic (exact) mass is 448 g/mol. The molecular formula is C28H20N2O4. The summed E-state index contributed by atoms with van der Waals surface area (Å²) in [5.41, 5.74) is 4.39. The molecular weight excluding hydrogens is 428 g/mol. The van der Waals surface area contributed by atoms with E-state index < -0.39 is 16.8 Å². The zero-order valence-electron chi connectivity index (χ0n) is 18.1. The van der Waals surface area contributed by atoms with E-state index in [9.17, 15) is 19.7 Å². The number of benzene rings is 3. The van der Waals surface area contributed by atoms with E-state index in [1.165, 1.54) is 18.2 Å². The van der Waals surface area contributed by atoms with Crippen molar-refractivity contribution < 1.29 is 14.5 Å². The average molecular weight is 448 g/mol. The van der Waals surface area contributed by atoms with Crippen LogP contribution in [0.4, 0.5) is 11.4 Å². The number of rotatable bonds is 4. The Hall–Kier alpha value is -4.32. The molecule has 1 saturated heterocycles. The minimum Gasteiger partial charge on any atom is -0.274 e. The fourth-order valence-electron chi connectivity index (χ4n) is 5.81. The molecule has 2 aliphatic carbocycles. The maximum atomic E-state index is 13.6. The second kappa shape index (κ2) is 7.63. The van der Waals surface area contributed by atoms with Gasteiger partial charge in [0.1, 0.15) is 0 Å². The predicted octanol–water partition coefficient (Wildman–Crippen LogP) is 5.02. The van der Waals surface area contributed by atoms with E-state index in [0.29, 0.717) is 0 Å². The van der Waals surface area contributed by atoms with E-state index in [0.717, 1.165) is 27.2 Å². The molecule has 166 valence electrons. The van der Waals surface area contributed by atoms with Gasteiger partial charge in [-0.1, -0.05) is 78.9 Å². The van der Waals surface area contributed by atoms with Crippen molar-refractivity contribution in [3.63, 3.8) is 0 Å². The highest BCUT2D eigenvalue weighted by Gasteiger charge is 2.62. The number of non-ortho nitro benzene ring substituents is 1. The predicted molar refractivity (Wildman–Crippen MR) is 128 cm³/mol. The topological polar surface area (TPSA) is 80.5 Å². The van der Waals surface area contributed by atoms with E-state index in [4.69, 9.17) is 0 Å². The van der Waals surface area contributed by atoms with E-state index in [1.807, 2.05) is 36.4 Å². The van der Waals surface area contributed by atoms with Crippen LogP contribution in [0.25, 0.3) is 5.57 Å². The molecule has 1 saturated carbocycles. The summed E-state index contributed by atoms with van der Waals surface area (Å²) in [4.78, 5) is 39.0. The summed E-state index contributed by atoms with van der Waals surface area (Å²) < 4.78 is 0. The molecule has 3 aromatic rings. The number of nitro groups is 1. The molecule has 0 radical (unpaired) electrons. The standard InChI is InChI=1S/C28H20N2O4/c31-27-25-21-14-15-22(26(25)28(32)29(27)19-12-7-13-20(16-19)30(33)34)24(21)23(17-8-3-1-4-9-17)18-10-5-2-6-11-18/h1-16,21-22,25-26H. The number of fused-ring (bicyclic) bond motifs is 5. The normalized spacial score (nSPS) is 24.6. The molecule has 0 spiro atoms. The fraction of sp³-hybridized carbons (Fsp3) is 0.143. The summed E-state index contributed by atoms with van der Waals surface area (Å²) in [6.07, 6.45) is 4.10. The molecule has 1 heterocycles. The van der Waals surface area contributed by atoms with Crippen LogP contribution in [0.3, 0.4) is 0 Å². The lowest BCUT2D eigenvalue weighted by molar-refractivity contribution is -0.384. The molecule has 6 heteroatoms. The van der Waals surface area contributed by atoms with Crippen LogP contribution in [0.15, 0.2) is 103 Å². The quantitative estimate of drug-likeness (QED) is 0.243. The van der Waals surface area contributed by atoms with Crippen LogP contribution in [-0.4, -0.2) is 16.7 Å². The van der Waals surface area contributed by atoms with Crippen molar-refractivity contribution in [2.24, 2.45) is 23.7 Å². The molecule has 6 rings (SSSR count). The number of hydrogen-bond donors (Lipinski definition) is 0. The Labute approximate surface area is 196 Å². The second-order valence-electron chi connectivity index (χ2n) is 8.84. The first-order valence-corrected chi connectivity index (χ1v) is 11.2. The van der Waals surface area contributed by atoms with Gasteiger partial charge < -0.3 is 0 Å². The number of hydrogen-bond acceptors (Lipinski definition) is 4. The van der Waals surface area contributed by atoms with Crippen LogP contribution in [-0.2, 0) is 9.59 Å². The summed E-state index contributed by atoms with van der Waals surface area (Å²) in [5.74, 6) is -1.95. The number of nitro benzene ring substituents is 1. The summed E-state index contributed by atoms with van der Waals surface area (Å²) in [7, 11) is 0. The molecule has 34 heavy (non-hydrogen) atoms. The van der Waals surface area contributed by atoms with Crippen LogP contribution >= 0.6 is 0 Å². The smallest absolute Gasteiger partial charge is 0.271 e. The molecule has 4 atom stereocenters. The number of imide groups is 1. The second-order valence-corrected chi connectivity index (χ2v) is 8.84. The molecule has 4 unspecified atom stereocenters. The van der Waals surface area contributed by atoms with Crippen LogP contribution < -0.4 is 4.90 Å². The lowest BCUT2D eigenvalue weighted by Crippen LogP contribution is -2.33. The summed E-state index contributed by atoms with van der Waals surface area (Å²) in [5, 5.41) is 11.2. The number of amides is 2. The first kappa shape index (κ1) is 20.3. The molecule has 3 aromatic carbocycles. The third kappa shape index (κ3) is 2.88. The van der Waals surface area contributed by atoms with Crippen LogP contribution in [0, 0.1) is 33.8 Å². The molecule has 3 aliphatic rings. The van der Waals surface area contributed by atoms with E-state index in [2.05, 4.69) is 36.4 Å². The highest BCUT2D eigenvalue weighted by Crippen LogP contribution is 2.58. The maximum Gasteiger partial charge on any atom is 0.271 e. The third-order valence-electron chi connectivity index (χ3n) is 7.13. The van der Waals surface area contributed by atoms with E-state index in [-0.39, 0.29) is 35.0 Å². The average Bonchev–Trinajstić information content (AvgIpc) is 3.50. The largest absolute Gasteiger partial charge is 0.274 e. The van der Waals surface area contributed by atoms with Gasteiger partial charge in [-0.2, -0.15) is 0 Å². The van der Waals surface area contributed by atoms with Gasteiger partial charge in [0.05, 0.1) is 22.4 Å². The van der Waals surface area contributed by atoms with Crippen molar-refractivity contribution in [3.8, 4) is 0 Å². The minimum atomic E-state index is -0.520. The van der Waals surface area contributed by atoms with Crippen LogP contribution in [0.2, 0.25) is 0 Å². The Morgan fingerprint density at radius 1 is 0.735 bits per heavy atom. The summed E-state index contributed by atoms with van der Waals surface area (Å²) >= 11 is 0. The van der Waals surface area contributed by atoms with Crippen molar-refractivity contribution in [2.75, 3.05) is 4.90 Å². The van der Waals surface area contributed by atoms with Crippen molar-refractivity contribution in [3.05, 3.63) is 124 Å². The molecule has 2 amide bonds. The number of carbonyl (C=O) groups excluding carboxylic acids is 2. The zero-order chi connectivity index (χ0) is 23.4. The Bertz CT molecular complexity index is 1320. The van der Waals surface area contributed by atoms with Crippen molar-refractivity contribution >= 4 is 28.8 Å². The fourth-order valence-corrected chi connectivity index (χ4v) is 5.81.